The Morgan fingerprint density at radius 2 is 2.04 bits per heavy atom. The molecule has 0 bridgehead atoms. The zero-order valence-electron chi connectivity index (χ0n) is 13.0. The number of H-pyrrole nitrogens is 2. The molecule has 25 heavy (non-hydrogen) atoms. The first-order valence-corrected chi connectivity index (χ1v) is 10.3. The van der Waals surface area contributed by atoms with Crippen LogP contribution >= 0.6 is 23.4 Å². The van der Waals surface area contributed by atoms with Gasteiger partial charge >= 0.3 is 0 Å². The number of hydrogen-bond acceptors (Lipinski definition) is 5. The summed E-state index contributed by atoms with van der Waals surface area (Å²) < 4.78 is 23.9. The Bertz CT molecular complexity index is 1230. The standard InChI is InChI=1S/C16H13ClN4O2S2/c1-25(22,23)13-7-19-15-12(5-3-9(18)14(13)15)24-16-20-10-4-2-8(17)6-11(10)21-16/h2-7,19H,18H2,1H3,(H,20,21). The van der Waals surface area contributed by atoms with Crippen molar-refractivity contribution in [3.05, 3.63) is 41.6 Å². The van der Waals surface area contributed by atoms with E-state index in [1.54, 1.807) is 12.1 Å². The SMILES string of the molecule is CS(=O)(=O)c1c[nH]c2c(Sc3nc4ccc(Cl)cc4[nH]3)ccc(N)c12. The Kier molecular flexibility index (Phi) is 3.71. The number of aromatic nitrogens is 3. The van der Waals surface area contributed by atoms with E-state index in [1.807, 2.05) is 18.2 Å². The smallest absolute Gasteiger partial charge is 0.177 e. The molecule has 0 fully saturated rings. The van der Waals surface area contributed by atoms with E-state index in [2.05, 4.69) is 15.0 Å². The molecule has 2 aromatic carbocycles. The number of imidazole rings is 1. The van der Waals surface area contributed by atoms with Crippen LogP contribution in [0.15, 0.2) is 51.5 Å². The maximum absolute atomic E-state index is 12.0. The first kappa shape index (κ1) is 16.3. The monoisotopic (exact) mass is 392 g/mol. The number of nitrogens with one attached hydrogen (secondary N) is 2. The number of nitrogens with two attached hydrogens (primary N) is 1. The molecule has 128 valence electrons. The van der Waals surface area contributed by atoms with E-state index >= 15 is 0 Å². The van der Waals surface area contributed by atoms with Crippen molar-refractivity contribution in [1.29, 1.82) is 0 Å². The first-order chi connectivity index (χ1) is 11.8. The molecule has 4 rings (SSSR count). The number of fused-ring (bicyclic) bond motifs is 2. The molecule has 0 amide bonds. The van der Waals surface area contributed by atoms with Gasteiger partial charge in [-0.05, 0) is 42.1 Å². The molecule has 0 saturated heterocycles. The molecule has 0 unspecified atom stereocenters. The lowest BCUT2D eigenvalue weighted by Gasteiger charge is -2.04. The van der Waals surface area contributed by atoms with Crippen LogP contribution in [0.5, 0.6) is 0 Å². The fourth-order valence-corrected chi connectivity index (χ4v) is 4.65. The average molecular weight is 393 g/mol. The quantitative estimate of drug-likeness (QED) is 0.459. The number of nitrogens with zero attached hydrogens (tertiary/aromatic N) is 1. The summed E-state index contributed by atoms with van der Waals surface area (Å²) in [5, 5.41) is 1.82. The van der Waals surface area contributed by atoms with Crippen molar-refractivity contribution in [3.8, 4) is 0 Å². The molecule has 6 nitrogen and oxygen atoms in total. The van der Waals surface area contributed by atoms with Crippen LogP contribution in [0.3, 0.4) is 0 Å². The summed E-state index contributed by atoms with van der Waals surface area (Å²) in [7, 11) is -3.38. The summed E-state index contributed by atoms with van der Waals surface area (Å²) in [4.78, 5) is 11.8. The van der Waals surface area contributed by atoms with E-state index in [0.29, 0.717) is 26.8 Å². The molecule has 0 aliphatic heterocycles. The van der Waals surface area contributed by atoms with E-state index in [4.69, 9.17) is 17.3 Å². The highest BCUT2D eigenvalue weighted by Gasteiger charge is 2.19. The van der Waals surface area contributed by atoms with Gasteiger partial charge in [0, 0.05) is 33.4 Å². The second-order valence-electron chi connectivity index (χ2n) is 5.63. The van der Waals surface area contributed by atoms with Crippen molar-refractivity contribution in [2.75, 3.05) is 12.0 Å². The normalized spacial score (nSPS) is 12.2. The third kappa shape index (κ3) is 2.86. The minimum absolute atomic E-state index is 0.193. The Morgan fingerprint density at radius 1 is 1.24 bits per heavy atom. The fourth-order valence-electron chi connectivity index (χ4n) is 2.71. The van der Waals surface area contributed by atoms with Crippen molar-refractivity contribution in [3.63, 3.8) is 0 Å². The lowest BCUT2D eigenvalue weighted by Crippen LogP contribution is -1.97. The molecule has 0 radical (unpaired) electrons. The highest BCUT2D eigenvalue weighted by molar-refractivity contribution is 7.99. The zero-order valence-corrected chi connectivity index (χ0v) is 15.4. The van der Waals surface area contributed by atoms with E-state index in [1.165, 1.54) is 18.0 Å². The van der Waals surface area contributed by atoms with Crippen LogP contribution in [0, 0.1) is 0 Å². The highest BCUT2D eigenvalue weighted by Crippen LogP contribution is 2.37. The van der Waals surface area contributed by atoms with Gasteiger partial charge in [-0.15, -0.1) is 0 Å². The number of nitrogen functional groups attached to an aromatic ring is 1. The Hall–Kier alpha value is -2.16. The third-order valence-electron chi connectivity index (χ3n) is 3.82. The van der Waals surface area contributed by atoms with Gasteiger partial charge in [-0.3, -0.25) is 0 Å². The molecular formula is C16H13ClN4O2S2. The molecule has 0 aliphatic rings. The second-order valence-corrected chi connectivity index (χ2v) is 9.08. The van der Waals surface area contributed by atoms with Gasteiger partial charge in [0.2, 0.25) is 0 Å². The summed E-state index contributed by atoms with van der Waals surface area (Å²) in [5.74, 6) is 0. The zero-order chi connectivity index (χ0) is 17.8. The average Bonchev–Trinajstić information content (AvgIpc) is 3.13. The number of anilines is 1. The largest absolute Gasteiger partial charge is 0.398 e. The lowest BCUT2D eigenvalue weighted by molar-refractivity contribution is 0.602. The van der Waals surface area contributed by atoms with Gasteiger partial charge in [-0.2, -0.15) is 0 Å². The molecule has 0 saturated carbocycles. The maximum atomic E-state index is 12.0. The van der Waals surface area contributed by atoms with E-state index in [9.17, 15) is 8.42 Å². The third-order valence-corrected chi connectivity index (χ3v) is 6.12. The van der Waals surface area contributed by atoms with Crippen molar-refractivity contribution in [2.24, 2.45) is 0 Å². The van der Waals surface area contributed by atoms with Crippen LogP contribution in [0.25, 0.3) is 21.9 Å². The van der Waals surface area contributed by atoms with Crippen molar-refractivity contribution < 1.29 is 8.42 Å². The van der Waals surface area contributed by atoms with Gasteiger partial charge in [0.1, 0.15) is 0 Å². The van der Waals surface area contributed by atoms with Crippen LogP contribution in [-0.2, 0) is 9.84 Å². The molecular weight excluding hydrogens is 380 g/mol. The molecule has 0 aliphatic carbocycles. The summed E-state index contributed by atoms with van der Waals surface area (Å²) >= 11 is 7.39. The van der Waals surface area contributed by atoms with Gasteiger partial charge in [0.15, 0.2) is 15.0 Å². The number of aromatic amines is 2. The van der Waals surface area contributed by atoms with Gasteiger partial charge < -0.3 is 15.7 Å². The van der Waals surface area contributed by atoms with Gasteiger partial charge in [0.25, 0.3) is 0 Å². The summed E-state index contributed by atoms with van der Waals surface area (Å²) in [6.07, 6.45) is 2.64. The van der Waals surface area contributed by atoms with Gasteiger partial charge in [-0.25, -0.2) is 13.4 Å². The molecule has 0 atom stereocenters. The van der Waals surface area contributed by atoms with Crippen molar-refractivity contribution in [1.82, 2.24) is 15.0 Å². The maximum Gasteiger partial charge on any atom is 0.177 e. The van der Waals surface area contributed by atoms with Crippen molar-refractivity contribution in [2.45, 2.75) is 14.9 Å². The van der Waals surface area contributed by atoms with Gasteiger partial charge in [-0.1, -0.05) is 11.6 Å². The van der Waals surface area contributed by atoms with Crippen LogP contribution in [0.4, 0.5) is 5.69 Å². The second kappa shape index (κ2) is 5.69. The Balaban J connectivity index is 1.84. The molecule has 4 aromatic rings. The number of sulfone groups is 1. The molecule has 4 N–H and O–H groups in total. The number of hydrogen-bond donors (Lipinski definition) is 3. The summed E-state index contributed by atoms with van der Waals surface area (Å²) in [5.41, 5.74) is 8.74. The minimum Gasteiger partial charge on any atom is -0.398 e. The van der Waals surface area contributed by atoms with Crippen molar-refractivity contribution >= 4 is 60.8 Å². The topological polar surface area (TPSA) is 105 Å². The predicted molar refractivity (Wildman–Crippen MR) is 101 cm³/mol. The van der Waals surface area contributed by atoms with Gasteiger partial charge in [0.05, 0.1) is 21.4 Å². The lowest BCUT2D eigenvalue weighted by atomic mass is 10.2. The molecule has 2 heterocycles. The van der Waals surface area contributed by atoms with Crippen LogP contribution in [0.1, 0.15) is 0 Å². The first-order valence-electron chi connectivity index (χ1n) is 7.25. The minimum atomic E-state index is -3.38. The predicted octanol–water partition coefficient (Wildman–Crippen LogP) is 3.83. The Labute approximate surface area is 152 Å². The van der Waals surface area contributed by atoms with Crippen LogP contribution in [-0.4, -0.2) is 29.6 Å². The molecule has 0 spiro atoms. The number of benzene rings is 2. The number of rotatable bonds is 3. The molecule has 2 aromatic heterocycles. The Morgan fingerprint density at radius 3 is 2.80 bits per heavy atom. The van der Waals surface area contributed by atoms with Crippen LogP contribution in [0.2, 0.25) is 5.02 Å². The molecule has 9 heteroatoms. The summed E-state index contributed by atoms with van der Waals surface area (Å²) in [6.45, 7) is 0. The fraction of sp³-hybridized carbons (Fsp3) is 0.0625. The van der Waals surface area contributed by atoms with E-state index in [-0.39, 0.29) is 4.90 Å². The van der Waals surface area contributed by atoms with E-state index < -0.39 is 9.84 Å². The summed E-state index contributed by atoms with van der Waals surface area (Å²) in [6, 6.07) is 8.97. The highest BCUT2D eigenvalue weighted by atomic mass is 35.5. The van der Waals surface area contributed by atoms with Crippen LogP contribution < -0.4 is 5.73 Å². The number of halogens is 1. The van der Waals surface area contributed by atoms with E-state index in [0.717, 1.165) is 22.2 Å².